The van der Waals surface area contributed by atoms with Crippen LogP contribution < -0.4 is 5.32 Å². The molecular weight excluding hydrogens is 246 g/mol. The molecule has 0 unspecified atom stereocenters. The van der Waals surface area contributed by atoms with Gasteiger partial charge < -0.3 is 10.4 Å². The van der Waals surface area contributed by atoms with Crippen LogP contribution in [0.3, 0.4) is 0 Å². The van der Waals surface area contributed by atoms with Crippen LogP contribution in [0.5, 0.6) is 0 Å². The highest BCUT2D eigenvalue weighted by Crippen LogP contribution is 2.23. The van der Waals surface area contributed by atoms with Crippen molar-refractivity contribution in [1.82, 2.24) is 5.32 Å². The predicted molar refractivity (Wildman–Crippen MR) is 75.5 cm³/mol. The summed E-state index contributed by atoms with van der Waals surface area (Å²) in [7, 11) is 0. The van der Waals surface area contributed by atoms with Crippen LogP contribution in [0.25, 0.3) is 0 Å². The summed E-state index contributed by atoms with van der Waals surface area (Å²) in [6.45, 7) is 4.62. The molecular formula is C14H23NO2S. The van der Waals surface area contributed by atoms with Crippen molar-refractivity contribution in [3.05, 3.63) is 22.4 Å². The molecule has 0 spiro atoms. The fraction of sp³-hybridized carbons (Fsp3) is 0.643. The summed E-state index contributed by atoms with van der Waals surface area (Å²) in [5.41, 5.74) is 0.283. The van der Waals surface area contributed by atoms with Gasteiger partial charge in [-0.1, -0.05) is 26.7 Å². The van der Waals surface area contributed by atoms with Gasteiger partial charge in [-0.15, -0.1) is 0 Å². The maximum Gasteiger partial charge on any atom is 0.223 e. The van der Waals surface area contributed by atoms with Gasteiger partial charge in [0.2, 0.25) is 5.91 Å². The Morgan fingerprint density at radius 1 is 1.39 bits per heavy atom. The van der Waals surface area contributed by atoms with E-state index in [-0.39, 0.29) is 12.3 Å². The van der Waals surface area contributed by atoms with Crippen molar-refractivity contribution in [3.63, 3.8) is 0 Å². The van der Waals surface area contributed by atoms with E-state index in [0.717, 1.165) is 18.4 Å². The van der Waals surface area contributed by atoms with Gasteiger partial charge in [-0.3, -0.25) is 4.79 Å². The molecule has 0 atom stereocenters. The lowest BCUT2D eigenvalue weighted by molar-refractivity contribution is -0.126. The molecule has 0 radical (unpaired) electrons. The number of carbonyl (C=O) groups excluding carboxylic acids is 1. The Morgan fingerprint density at radius 3 is 2.56 bits per heavy atom. The largest absolute Gasteiger partial charge is 0.389 e. The fourth-order valence-corrected chi connectivity index (χ4v) is 2.86. The minimum absolute atomic E-state index is 0.0643. The minimum atomic E-state index is -0.831. The zero-order chi connectivity index (χ0) is 13.4. The summed E-state index contributed by atoms with van der Waals surface area (Å²) in [5, 5.41) is 17.3. The molecule has 0 aliphatic rings. The van der Waals surface area contributed by atoms with E-state index < -0.39 is 5.60 Å². The SMILES string of the molecule is CCCC(O)(CCC)CC(=O)NCc1ccsc1. The van der Waals surface area contributed by atoms with Crippen LogP contribution in [-0.4, -0.2) is 16.6 Å². The molecule has 3 nitrogen and oxygen atoms in total. The van der Waals surface area contributed by atoms with Crippen molar-refractivity contribution in [1.29, 1.82) is 0 Å². The minimum Gasteiger partial charge on any atom is -0.389 e. The van der Waals surface area contributed by atoms with Gasteiger partial charge in [-0.25, -0.2) is 0 Å². The molecule has 102 valence electrons. The van der Waals surface area contributed by atoms with E-state index in [2.05, 4.69) is 5.32 Å². The smallest absolute Gasteiger partial charge is 0.223 e. The van der Waals surface area contributed by atoms with Crippen LogP contribution in [0.15, 0.2) is 16.8 Å². The highest BCUT2D eigenvalue weighted by atomic mass is 32.1. The Hall–Kier alpha value is -0.870. The lowest BCUT2D eigenvalue weighted by Gasteiger charge is -2.26. The van der Waals surface area contributed by atoms with E-state index in [1.807, 2.05) is 30.7 Å². The van der Waals surface area contributed by atoms with Crippen molar-refractivity contribution in [2.24, 2.45) is 0 Å². The number of carbonyl (C=O) groups is 1. The molecule has 0 fully saturated rings. The lowest BCUT2D eigenvalue weighted by Crippen LogP contribution is -2.36. The quantitative estimate of drug-likeness (QED) is 0.762. The molecule has 2 N–H and O–H groups in total. The molecule has 0 saturated carbocycles. The Balaban J connectivity index is 2.41. The molecule has 0 saturated heterocycles. The van der Waals surface area contributed by atoms with Crippen molar-refractivity contribution in [3.8, 4) is 0 Å². The van der Waals surface area contributed by atoms with Crippen LogP contribution in [0.2, 0.25) is 0 Å². The Morgan fingerprint density at radius 2 is 2.06 bits per heavy atom. The van der Waals surface area contributed by atoms with Gasteiger partial charge in [0.1, 0.15) is 0 Å². The molecule has 0 aliphatic heterocycles. The van der Waals surface area contributed by atoms with Crippen molar-refractivity contribution >= 4 is 17.2 Å². The topological polar surface area (TPSA) is 49.3 Å². The first-order valence-corrected chi connectivity index (χ1v) is 7.54. The molecule has 0 bridgehead atoms. The van der Waals surface area contributed by atoms with Crippen LogP contribution in [-0.2, 0) is 11.3 Å². The van der Waals surface area contributed by atoms with E-state index in [1.54, 1.807) is 11.3 Å². The van der Waals surface area contributed by atoms with Gasteiger partial charge in [0.05, 0.1) is 12.0 Å². The van der Waals surface area contributed by atoms with Crippen LogP contribution in [0.1, 0.15) is 51.5 Å². The van der Waals surface area contributed by atoms with Gasteiger partial charge in [0.15, 0.2) is 0 Å². The van der Waals surface area contributed by atoms with Crippen molar-refractivity contribution in [2.45, 2.75) is 58.1 Å². The number of amides is 1. The maximum absolute atomic E-state index is 11.8. The average molecular weight is 269 g/mol. The second-order valence-corrected chi connectivity index (χ2v) is 5.59. The third-order valence-corrected chi connectivity index (χ3v) is 3.72. The average Bonchev–Trinajstić information content (AvgIpc) is 2.79. The zero-order valence-electron chi connectivity index (χ0n) is 11.2. The van der Waals surface area contributed by atoms with E-state index in [4.69, 9.17) is 0 Å². The molecule has 18 heavy (non-hydrogen) atoms. The Bertz CT molecular complexity index is 343. The first-order valence-electron chi connectivity index (χ1n) is 6.60. The second-order valence-electron chi connectivity index (χ2n) is 4.81. The van der Waals surface area contributed by atoms with Crippen molar-refractivity contribution in [2.75, 3.05) is 0 Å². The van der Waals surface area contributed by atoms with Crippen LogP contribution in [0, 0.1) is 0 Å². The number of hydrogen-bond donors (Lipinski definition) is 2. The zero-order valence-corrected chi connectivity index (χ0v) is 12.1. The van der Waals surface area contributed by atoms with Gasteiger partial charge in [0.25, 0.3) is 0 Å². The first kappa shape index (κ1) is 15.2. The van der Waals surface area contributed by atoms with Crippen LogP contribution >= 0.6 is 11.3 Å². The van der Waals surface area contributed by atoms with Gasteiger partial charge in [-0.05, 0) is 35.2 Å². The van der Waals surface area contributed by atoms with Gasteiger partial charge >= 0.3 is 0 Å². The molecule has 0 aliphatic carbocycles. The molecule has 1 amide bonds. The molecule has 1 aromatic rings. The number of thiophene rings is 1. The number of aliphatic hydroxyl groups is 1. The summed E-state index contributed by atoms with van der Waals surface area (Å²) < 4.78 is 0. The summed E-state index contributed by atoms with van der Waals surface area (Å²) >= 11 is 1.62. The highest BCUT2D eigenvalue weighted by Gasteiger charge is 2.27. The summed E-state index contributed by atoms with van der Waals surface area (Å²) in [6, 6.07) is 2.00. The molecule has 0 aromatic carbocycles. The van der Waals surface area contributed by atoms with E-state index in [1.165, 1.54) is 0 Å². The molecule has 1 heterocycles. The summed E-state index contributed by atoms with van der Waals surface area (Å²) in [4.78, 5) is 11.8. The number of hydrogen-bond acceptors (Lipinski definition) is 3. The third kappa shape index (κ3) is 5.19. The van der Waals surface area contributed by atoms with E-state index in [0.29, 0.717) is 19.4 Å². The van der Waals surface area contributed by atoms with Gasteiger partial charge in [-0.2, -0.15) is 11.3 Å². The summed E-state index contributed by atoms with van der Waals surface area (Å²) in [5.74, 6) is -0.0643. The Labute approximate surface area is 113 Å². The predicted octanol–water partition coefficient (Wildman–Crippen LogP) is 3.09. The molecule has 4 heteroatoms. The summed E-state index contributed by atoms with van der Waals surface area (Å²) in [6.07, 6.45) is 3.38. The van der Waals surface area contributed by atoms with E-state index in [9.17, 15) is 9.90 Å². The second kappa shape index (κ2) is 7.54. The highest BCUT2D eigenvalue weighted by molar-refractivity contribution is 7.07. The maximum atomic E-state index is 11.8. The molecule has 1 rings (SSSR count). The monoisotopic (exact) mass is 269 g/mol. The van der Waals surface area contributed by atoms with Gasteiger partial charge in [0, 0.05) is 6.54 Å². The lowest BCUT2D eigenvalue weighted by atomic mass is 9.89. The normalized spacial score (nSPS) is 11.5. The standard InChI is InChI=1S/C14H23NO2S/c1-3-6-14(17,7-4-2)9-13(16)15-10-12-5-8-18-11-12/h5,8,11,17H,3-4,6-7,9-10H2,1-2H3,(H,15,16). The van der Waals surface area contributed by atoms with E-state index >= 15 is 0 Å². The number of nitrogens with one attached hydrogen (secondary N) is 1. The van der Waals surface area contributed by atoms with Crippen molar-refractivity contribution < 1.29 is 9.90 Å². The first-order chi connectivity index (χ1) is 8.59. The third-order valence-electron chi connectivity index (χ3n) is 2.99. The molecule has 1 aromatic heterocycles. The fourth-order valence-electron chi connectivity index (χ4n) is 2.19. The number of rotatable bonds is 8. The Kier molecular flexibility index (Phi) is 6.36. The van der Waals surface area contributed by atoms with Crippen LogP contribution in [0.4, 0.5) is 0 Å².